The second kappa shape index (κ2) is 5.41. The Morgan fingerprint density at radius 1 is 1.17 bits per heavy atom. The van der Waals surface area contributed by atoms with Crippen molar-refractivity contribution in [3.8, 4) is 0 Å². The highest BCUT2D eigenvalue weighted by atomic mass is 15.0. The Bertz CT molecular complexity index is 402. The van der Waals surface area contributed by atoms with E-state index >= 15 is 0 Å². The summed E-state index contributed by atoms with van der Waals surface area (Å²) >= 11 is 0. The molecule has 3 rings (SSSR count). The van der Waals surface area contributed by atoms with Crippen molar-refractivity contribution in [3.05, 3.63) is 35.4 Å². The van der Waals surface area contributed by atoms with E-state index in [1.807, 2.05) is 0 Å². The minimum absolute atomic E-state index is 0.563. The monoisotopic (exact) mass is 244 g/mol. The molecular formula is C16H24N2. The van der Waals surface area contributed by atoms with Gasteiger partial charge in [-0.2, -0.15) is 0 Å². The van der Waals surface area contributed by atoms with Crippen LogP contribution in [0.1, 0.15) is 42.9 Å². The summed E-state index contributed by atoms with van der Waals surface area (Å²) in [5.74, 6) is 0.755. The smallest absolute Gasteiger partial charge is 0.0366 e. The third-order valence-corrected chi connectivity index (χ3v) is 4.77. The van der Waals surface area contributed by atoms with Crippen molar-refractivity contribution in [1.82, 2.24) is 10.6 Å². The Labute approximate surface area is 110 Å². The molecule has 3 atom stereocenters. The molecule has 1 aromatic carbocycles. The third-order valence-electron chi connectivity index (χ3n) is 4.77. The molecule has 1 aromatic rings. The molecule has 1 saturated carbocycles. The Morgan fingerprint density at radius 2 is 2.00 bits per heavy atom. The van der Waals surface area contributed by atoms with Crippen LogP contribution in [0.25, 0.3) is 0 Å². The molecule has 98 valence electrons. The minimum atomic E-state index is 0.563. The lowest BCUT2D eigenvalue weighted by Gasteiger charge is -2.40. The molecule has 1 heterocycles. The molecule has 1 aliphatic heterocycles. The van der Waals surface area contributed by atoms with Crippen molar-refractivity contribution in [2.45, 2.75) is 44.2 Å². The first kappa shape index (κ1) is 12.2. The van der Waals surface area contributed by atoms with Crippen LogP contribution < -0.4 is 10.6 Å². The number of rotatable bonds is 2. The van der Waals surface area contributed by atoms with Crippen LogP contribution in [0, 0.1) is 5.92 Å². The Hall–Kier alpha value is -0.860. The Kier molecular flexibility index (Phi) is 3.67. The SMILES string of the molecule is CN[C@@H]1CCCC[C@H]1C1NCCc2ccccc21. The maximum absolute atomic E-state index is 3.77. The predicted molar refractivity (Wildman–Crippen MR) is 75.7 cm³/mol. The van der Waals surface area contributed by atoms with Crippen molar-refractivity contribution in [2.75, 3.05) is 13.6 Å². The zero-order valence-electron chi connectivity index (χ0n) is 11.3. The van der Waals surface area contributed by atoms with E-state index in [1.165, 1.54) is 32.1 Å². The first-order valence-electron chi connectivity index (χ1n) is 7.38. The lowest BCUT2D eigenvalue weighted by atomic mass is 9.75. The third kappa shape index (κ3) is 2.19. The second-order valence-electron chi connectivity index (χ2n) is 5.72. The normalized spacial score (nSPS) is 31.9. The molecule has 0 spiro atoms. The molecule has 1 fully saturated rings. The van der Waals surface area contributed by atoms with Crippen LogP contribution >= 0.6 is 0 Å². The molecule has 2 N–H and O–H groups in total. The van der Waals surface area contributed by atoms with Gasteiger partial charge in [0.1, 0.15) is 0 Å². The average Bonchev–Trinajstić information content (AvgIpc) is 2.46. The molecule has 2 heteroatoms. The van der Waals surface area contributed by atoms with Gasteiger partial charge in [0, 0.05) is 12.1 Å². The summed E-state index contributed by atoms with van der Waals surface area (Å²) in [7, 11) is 2.12. The summed E-state index contributed by atoms with van der Waals surface area (Å²) < 4.78 is 0. The lowest BCUT2D eigenvalue weighted by Crippen LogP contribution is -2.45. The van der Waals surface area contributed by atoms with Crippen LogP contribution in [0.4, 0.5) is 0 Å². The van der Waals surface area contributed by atoms with Crippen molar-refractivity contribution in [3.63, 3.8) is 0 Å². The molecule has 0 radical (unpaired) electrons. The van der Waals surface area contributed by atoms with E-state index in [4.69, 9.17) is 0 Å². The number of hydrogen-bond donors (Lipinski definition) is 2. The van der Waals surface area contributed by atoms with Gasteiger partial charge < -0.3 is 10.6 Å². The molecule has 0 bridgehead atoms. The predicted octanol–water partition coefficient (Wildman–Crippen LogP) is 2.65. The second-order valence-corrected chi connectivity index (χ2v) is 5.72. The van der Waals surface area contributed by atoms with Crippen molar-refractivity contribution < 1.29 is 0 Å². The van der Waals surface area contributed by atoms with Crippen LogP contribution in [0.5, 0.6) is 0 Å². The van der Waals surface area contributed by atoms with E-state index in [1.54, 1.807) is 11.1 Å². The average molecular weight is 244 g/mol. The quantitative estimate of drug-likeness (QED) is 0.836. The summed E-state index contributed by atoms with van der Waals surface area (Å²) in [6.45, 7) is 1.13. The topological polar surface area (TPSA) is 24.1 Å². The molecule has 2 nitrogen and oxygen atoms in total. The molecule has 2 aliphatic rings. The van der Waals surface area contributed by atoms with E-state index in [9.17, 15) is 0 Å². The Balaban J connectivity index is 1.88. The highest BCUT2D eigenvalue weighted by Crippen LogP contribution is 2.37. The van der Waals surface area contributed by atoms with Gasteiger partial charge >= 0.3 is 0 Å². The summed E-state index contributed by atoms with van der Waals surface area (Å²) in [6, 6.07) is 10.2. The van der Waals surface area contributed by atoms with Crippen LogP contribution in [0.2, 0.25) is 0 Å². The van der Waals surface area contributed by atoms with Gasteiger partial charge in [-0.1, -0.05) is 37.1 Å². The van der Waals surface area contributed by atoms with Crippen LogP contribution in [-0.2, 0) is 6.42 Å². The fourth-order valence-electron chi connectivity index (χ4n) is 3.84. The standard InChI is InChI=1S/C16H24N2/c1-17-15-9-5-4-8-14(15)16-13-7-3-2-6-12(13)10-11-18-16/h2-3,6-7,14-18H,4-5,8-11H2,1H3/t14-,15-,16?/m1/s1. The van der Waals surface area contributed by atoms with Gasteiger partial charge in [0.25, 0.3) is 0 Å². The molecule has 0 amide bonds. The van der Waals surface area contributed by atoms with E-state index in [0.717, 1.165) is 12.5 Å². The lowest BCUT2D eigenvalue weighted by molar-refractivity contribution is 0.207. The maximum atomic E-state index is 3.77. The molecule has 1 unspecified atom stereocenters. The summed E-state index contributed by atoms with van der Waals surface area (Å²) in [5.41, 5.74) is 3.11. The fourth-order valence-corrected chi connectivity index (χ4v) is 3.84. The molecular weight excluding hydrogens is 220 g/mol. The number of nitrogens with one attached hydrogen (secondary N) is 2. The zero-order chi connectivity index (χ0) is 12.4. The van der Waals surface area contributed by atoms with Crippen molar-refractivity contribution >= 4 is 0 Å². The van der Waals surface area contributed by atoms with E-state index in [2.05, 4.69) is 41.9 Å². The van der Waals surface area contributed by atoms with E-state index in [-0.39, 0.29) is 0 Å². The van der Waals surface area contributed by atoms with E-state index < -0.39 is 0 Å². The highest BCUT2D eigenvalue weighted by Gasteiger charge is 2.33. The number of benzene rings is 1. The Morgan fingerprint density at radius 3 is 2.89 bits per heavy atom. The largest absolute Gasteiger partial charge is 0.317 e. The number of fused-ring (bicyclic) bond motifs is 1. The molecule has 1 aliphatic carbocycles. The van der Waals surface area contributed by atoms with Gasteiger partial charge in [-0.25, -0.2) is 0 Å². The minimum Gasteiger partial charge on any atom is -0.317 e. The highest BCUT2D eigenvalue weighted by molar-refractivity contribution is 5.33. The van der Waals surface area contributed by atoms with Crippen LogP contribution in [0.15, 0.2) is 24.3 Å². The fraction of sp³-hybridized carbons (Fsp3) is 0.625. The number of hydrogen-bond acceptors (Lipinski definition) is 2. The van der Waals surface area contributed by atoms with Crippen molar-refractivity contribution in [1.29, 1.82) is 0 Å². The van der Waals surface area contributed by atoms with Gasteiger partial charge in [-0.05, 0) is 49.9 Å². The van der Waals surface area contributed by atoms with E-state index in [0.29, 0.717) is 12.1 Å². The van der Waals surface area contributed by atoms with Crippen LogP contribution in [0.3, 0.4) is 0 Å². The first-order valence-corrected chi connectivity index (χ1v) is 7.38. The zero-order valence-corrected chi connectivity index (χ0v) is 11.3. The van der Waals surface area contributed by atoms with Gasteiger partial charge in [0.2, 0.25) is 0 Å². The molecule has 18 heavy (non-hydrogen) atoms. The summed E-state index contributed by atoms with van der Waals surface area (Å²) in [6.07, 6.45) is 6.65. The maximum Gasteiger partial charge on any atom is 0.0366 e. The summed E-state index contributed by atoms with van der Waals surface area (Å²) in [5, 5.41) is 7.31. The van der Waals surface area contributed by atoms with Gasteiger partial charge in [-0.15, -0.1) is 0 Å². The van der Waals surface area contributed by atoms with Crippen LogP contribution in [-0.4, -0.2) is 19.6 Å². The summed E-state index contributed by atoms with van der Waals surface area (Å²) in [4.78, 5) is 0. The van der Waals surface area contributed by atoms with Crippen molar-refractivity contribution in [2.24, 2.45) is 5.92 Å². The first-order chi connectivity index (χ1) is 8.90. The van der Waals surface area contributed by atoms with Gasteiger partial charge in [-0.3, -0.25) is 0 Å². The van der Waals surface area contributed by atoms with Gasteiger partial charge in [0.05, 0.1) is 0 Å². The van der Waals surface area contributed by atoms with Gasteiger partial charge in [0.15, 0.2) is 0 Å². The molecule has 0 aromatic heterocycles. The molecule has 0 saturated heterocycles.